The second-order valence-electron chi connectivity index (χ2n) is 2.40. The maximum atomic E-state index is 10.7. The summed E-state index contributed by atoms with van der Waals surface area (Å²) in [6, 6.07) is 4.19. The van der Waals surface area contributed by atoms with Crippen LogP contribution >= 0.6 is 0 Å². The number of rotatable bonds is 2. The van der Waals surface area contributed by atoms with Crippen molar-refractivity contribution in [2.24, 2.45) is 0 Å². The van der Waals surface area contributed by atoms with Crippen LogP contribution < -0.4 is 6.15 Å². The molecule has 0 aromatic heterocycles. The van der Waals surface area contributed by atoms with E-state index in [1.54, 1.807) is 0 Å². The average Bonchev–Trinajstić information content (AvgIpc) is 2.01. The summed E-state index contributed by atoms with van der Waals surface area (Å²) in [4.78, 5) is -1.69. The second kappa shape index (κ2) is 4.24. The van der Waals surface area contributed by atoms with E-state index in [1.165, 1.54) is 12.1 Å². The molecule has 86 valence electrons. The van der Waals surface area contributed by atoms with E-state index in [-0.39, 0.29) is 6.15 Å². The fourth-order valence-corrected chi connectivity index (χ4v) is 2.65. The van der Waals surface area contributed by atoms with Gasteiger partial charge in [0.05, 0.1) is 0 Å². The SMILES string of the molecule is N.O=S(=O)(O)c1ccccc1S(=O)(=O)O. The van der Waals surface area contributed by atoms with Crippen molar-refractivity contribution >= 4 is 20.2 Å². The van der Waals surface area contributed by atoms with Crippen LogP contribution in [0.15, 0.2) is 34.1 Å². The number of hydrogen-bond acceptors (Lipinski definition) is 5. The lowest BCUT2D eigenvalue weighted by Crippen LogP contribution is -2.07. The Morgan fingerprint density at radius 3 is 1.27 bits per heavy atom. The Balaban J connectivity index is 0.00000196. The van der Waals surface area contributed by atoms with E-state index in [9.17, 15) is 16.8 Å². The molecule has 0 aliphatic heterocycles. The molecule has 0 heterocycles. The lowest BCUT2D eigenvalue weighted by molar-refractivity contribution is 0.466. The fraction of sp³-hybridized carbons (Fsp3) is 0. The molecular weight excluding hydrogens is 246 g/mol. The Bertz CT molecular complexity index is 496. The highest BCUT2D eigenvalue weighted by Gasteiger charge is 2.22. The van der Waals surface area contributed by atoms with E-state index in [0.29, 0.717) is 0 Å². The van der Waals surface area contributed by atoms with Crippen molar-refractivity contribution in [3.05, 3.63) is 24.3 Å². The van der Waals surface area contributed by atoms with Gasteiger partial charge >= 0.3 is 0 Å². The van der Waals surface area contributed by atoms with Gasteiger partial charge in [-0.2, -0.15) is 16.8 Å². The van der Waals surface area contributed by atoms with Gasteiger partial charge in [0, 0.05) is 0 Å². The van der Waals surface area contributed by atoms with Crippen LogP contribution in [0.2, 0.25) is 0 Å². The maximum Gasteiger partial charge on any atom is 0.295 e. The van der Waals surface area contributed by atoms with Crippen LogP contribution in [0.25, 0.3) is 0 Å². The maximum absolute atomic E-state index is 10.7. The molecule has 0 saturated heterocycles. The first-order valence-electron chi connectivity index (χ1n) is 3.27. The van der Waals surface area contributed by atoms with Gasteiger partial charge in [0.2, 0.25) is 0 Å². The third kappa shape index (κ3) is 3.25. The van der Waals surface area contributed by atoms with E-state index in [1.807, 2.05) is 0 Å². The highest BCUT2D eigenvalue weighted by Crippen LogP contribution is 2.19. The van der Waals surface area contributed by atoms with Crippen molar-refractivity contribution < 1.29 is 25.9 Å². The Hall–Kier alpha value is -1.00. The molecule has 0 spiro atoms. The highest BCUT2D eigenvalue weighted by atomic mass is 32.2. The number of hydrogen-bond donors (Lipinski definition) is 3. The molecule has 0 bridgehead atoms. The Labute approximate surface area is 86.8 Å². The van der Waals surface area contributed by atoms with E-state index in [0.717, 1.165) is 12.1 Å². The highest BCUT2D eigenvalue weighted by molar-refractivity contribution is 7.89. The van der Waals surface area contributed by atoms with Crippen molar-refractivity contribution in [3.8, 4) is 0 Å². The molecule has 0 saturated carbocycles. The largest absolute Gasteiger partial charge is 0.344 e. The molecular formula is C6H9NO6S2. The molecule has 7 nitrogen and oxygen atoms in total. The first kappa shape index (κ1) is 14.0. The lowest BCUT2D eigenvalue weighted by atomic mass is 10.4. The Kier molecular flexibility index (Phi) is 3.96. The van der Waals surface area contributed by atoms with Gasteiger partial charge in [0.1, 0.15) is 9.79 Å². The van der Waals surface area contributed by atoms with Crippen LogP contribution in [-0.4, -0.2) is 25.9 Å². The third-order valence-electron chi connectivity index (χ3n) is 1.40. The van der Waals surface area contributed by atoms with Gasteiger partial charge in [-0.15, -0.1) is 0 Å². The zero-order valence-electron chi connectivity index (χ0n) is 7.36. The minimum atomic E-state index is -4.66. The predicted octanol–water partition coefficient (Wildman–Crippen LogP) is 0.342. The molecule has 0 radical (unpaired) electrons. The molecule has 5 N–H and O–H groups in total. The zero-order valence-corrected chi connectivity index (χ0v) is 8.99. The Morgan fingerprint density at radius 1 is 0.800 bits per heavy atom. The molecule has 0 fully saturated rings. The summed E-state index contributed by atoms with van der Waals surface area (Å²) in [6.07, 6.45) is 0. The van der Waals surface area contributed by atoms with Gasteiger partial charge in [-0.1, -0.05) is 12.1 Å². The lowest BCUT2D eigenvalue weighted by Gasteiger charge is -2.02. The first-order chi connectivity index (χ1) is 6.23. The monoisotopic (exact) mass is 255 g/mol. The molecule has 1 aromatic carbocycles. The van der Waals surface area contributed by atoms with Crippen molar-refractivity contribution in [2.75, 3.05) is 0 Å². The van der Waals surface area contributed by atoms with Crippen molar-refractivity contribution in [1.82, 2.24) is 6.15 Å². The van der Waals surface area contributed by atoms with Gasteiger partial charge in [-0.25, -0.2) is 0 Å². The van der Waals surface area contributed by atoms with Crippen LogP contribution in [-0.2, 0) is 20.2 Å². The summed E-state index contributed by atoms with van der Waals surface area (Å²) < 4.78 is 60.0. The topological polar surface area (TPSA) is 144 Å². The van der Waals surface area contributed by atoms with Gasteiger partial charge in [-0.3, -0.25) is 9.11 Å². The van der Waals surface area contributed by atoms with Crippen LogP contribution in [0.5, 0.6) is 0 Å². The van der Waals surface area contributed by atoms with Gasteiger partial charge in [0.25, 0.3) is 20.2 Å². The summed E-state index contributed by atoms with van der Waals surface area (Å²) in [6.45, 7) is 0. The van der Waals surface area contributed by atoms with Crippen molar-refractivity contribution in [1.29, 1.82) is 0 Å². The third-order valence-corrected chi connectivity index (χ3v) is 3.36. The van der Waals surface area contributed by atoms with Gasteiger partial charge in [0.15, 0.2) is 0 Å². The zero-order chi connectivity index (χ0) is 11.0. The molecule has 15 heavy (non-hydrogen) atoms. The van der Waals surface area contributed by atoms with E-state index in [2.05, 4.69) is 0 Å². The van der Waals surface area contributed by atoms with Crippen LogP contribution in [0.4, 0.5) is 0 Å². The standard InChI is InChI=1S/C6H6O6S2.H3N/c7-13(8,9)5-3-1-2-4-6(5)14(10,11)12;/h1-4H,(H,7,8,9)(H,10,11,12);1H3. The Morgan fingerprint density at radius 2 is 1.07 bits per heavy atom. The molecule has 0 aliphatic carbocycles. The quantitative estimate of drug-likeness (QED) is 0.646. The normalized spacial score (nSPS) is 11.9. The summed E-state index contributed by atoms with van der Waals surface area (Å²) in [5, 5.41) is 0. The number of benzene rings is 1. The van der Waals surface area contributed by atoms with Crippen LogP contribution in [0.3, 0.4) is 0 Å². The predicted molar refractivity (Wildman–Crippen MR) is 51.1 cm³/mol. The average molecular weight is 255 g/mol. The summed E-state index contributed by atoms with van der Waals surface area (Å²) >= 11 is 0. The molecule has 0 amide bonds. The molecule has 9 heteroatoms. The van der Waals surface area contributed by atoms with E-state index in [4.69, 9.17) is 9.11 Å². The van der Waals surface area contributed by atoms with Crippen molar-refractivity contribution in [3.63, 3.8) is 0 Å². The van der Waals surface area contributed by atoms with Gasteiger partial charge in [-0.05, 0) is 12.1 Å². The van der Waals surface area contributed by atoms with Crippen molar-refractivity contribution in [2.45, 2.75) is 9.79 Å². The minimum absolute atomic E-state index is 0. The molecule has 0 atom stereocenters. The molecule has 1 aromatic rings. The summed E-state index contributed by atoms with van der Waals surface area (Å²) in [7, 11) is -9.31. The van der Waals surface area contributed by atoms with Crippen LogP contribution in [0, 0.1) is 0 Å². The van der Waals surface area contributed by atoms with E-state index < -0.39 is 30.0 Å². The first-order valence-corrected chi connectivity index (χ1v) is 6.15. The van der Waals surface area contributed by atoms with Gasteiger partial charge < -0.3 is 6.15 Å². The molecule has 0 aliphatic rings. The minimum Gasteiger partial charge on any atom is -0.344 e. The second-order valence-corrected chi connectivity index (χ2v) is 5.18. The molecule has 0 unspecified atom stereocenters. The molecule has 1 rings (SSSR count). The smallest absolute Gasteiger partial charge is 0.295 e. The summed E-state index contributed by atoms with van der Waals surface area (Å²) in [5.41, 5.74) is 0. The summed E-state index contributed by atoms with van der Waals surface area (Å²) in [5.74, 6) is 0. The van der Waals surface area contributed by atoms with Crippen LogP contribution in [0.1, 0.15) is 0 Å². The fourth-order valence-electron chi connectivity index (χ4n) is 0.876. The van der Waals surface area contributed by atoms with E-state index >= 15 is 0 Å².